The molecule has 0 heterocycles. The first-order chi connectivity index (χ1) is 4.85. The van der Waals surface area contributed by atoms with E-state index < -0.39 is 0 Å². The molecule has 0 saturated heterocycles. The number of allylic oxidation sites excluding steroid dienone is 2. The molecule has 0 aromatic heterocycles. The van der Waals surface area contributed by atoms with Crippen molar-refractivity contribution in [2.75, 3.05) is 6.54 Å². The molecule has 0 unspecified atom stereocenters. The lowest BCUT2D eigenvalue weighted by Crippen LogP contribution is -1.99. The monoisotopic (exact) mass is 139 g/mol. The molecule has 58 valence electrons. The zero-order chi connectivity index (χ0) is 8.41. The third-order valence-electron chi connectivity index (χ3n) is 0.830. The molecule has 1 nitrogen and oxygen atoms in total. The summed E-state index contributed by atoms with van der Waals surface area (Å²) in [5.74, 6) is 0. The van der Waals surface area contributed by atoms with Crippen molar-refractivity contribution in [2.45, 2.75) is 13.8 Å². The molecule has 10 heavy (non-hydrogen) atoms. The predicted octanol–water partition coefficient (Wildman–Crippen LogP) is 2.27. The highest BCUT2D eigenvalue weighted by Gasteiger charge is 1.79. The van der Waals surface area contributed by atoms with Crippen LogP contribution in [0.5, 0.6) is 0 Å². The van der Waals surface area contributed by atoms with E-state index in [4.69, 9.17) is 5.73 Å². The van der Waals surface area contributed by atoms with E-state index in [1.54, 1.807) is 12.2 Å². The number of rotatable bonds is 3. The standard InChI is InChI=1S/C7H11N.C2H6/c1-3-5-7(4-2)6-8;1-2/h3-5H,1-2,6,8H2;1-2H3/b7-5+;. The summed E-state index contributed by atoms with van der Waals surface area (Å²) < 4.78 is 0. The highest BCUT2D eigenvalue weighted by atomic mass is 14.5. The van der Waals surface area contributed by atoms with Gasteiger partial charge in [-0.05, 0) is 5.57 Å². The van der Waals surface area contributed by atoms with Gasteiger partial charge in [-0.2, -0.15) is 0 Å². The normalized spacial score (nSPS) is 9.30. The third kappa shape index (κ3) is 7.18. The van der Waals surface area contributed by atoms with Crippen LogP contribution in [-0.4, -0.2) is 6.54 Å². The Morgan fingerprint density at radius 2 is 1.90 bits per heavy atom. The predicted molar refractivity (Wildman–Crippen MR) is 48.9 cm³/mol. The first kappa shape index (κ1) is 11.9. The molecule has 0 fully saturated rings. The lowest BCUT2D eigenvalue weighted by molar-refractivity contribution is 1.19. The summed E-state index contributed by atoms with van der Waals surface area (Å²) >= 11 is 0. The Morgan fingerprint density at radius 1 is 1.40 bits per heavy atom. The van der Waals surface area contributed by atoms with Gasteiger partial charge in [0.1, 0.15) is 0 Å². The SMILES string of the molecule is C=C/C=C(\C=C)CN.CC. The van der Waals surface area contributed by atoms with Gasteiger partial charge >= 0.3 is 0 Å². The minimum Gasteiger partial charge on any atom is -0.326 e. The second-order valence-electron chi connectivity index (χ2n) is 1.39. The van der Waals surface area contributed by atoms with Gasteiger partial charge in [0.25, 0.3) is 0 Å². The van der Waals surface area contributed by atoms with Gasteiger partial charge in [-0.1, -0.05) is 45.2 Å². The van der Waals surface area contributed by atoms with E-state index in [9.17, 15) is 0 Å². The van der Waals surface area contributed by atoms with Gasteiger partial charge in [0, 0.05) is 6.54 Å². The van der Waals surface area contributed by atoms with Crippen LogP contribution in [0.25, 0.3) is 0 Å². The second kappa shape index (κ2) is 11.0. The van der Waals surface area contributed by atoms with Crippen LogP contribution in [0.4, 0.5) is 0 Å². The molecule has 0 saturated carbocycles. The number of nitrogens with two attached hydrogens (primary N) is 1. The molecule has 0 aliphatic rings. The molecule has 0 bridgehead atoms. The van der Waals surface area contributed by atoms with E-state index in [0.717, 1.165) is 5.57 Å². The molecule has 0 atom stereocenters. The molecule has 1 heteroatoms. The Balaban J connectivity index is 0. The smallest absolute Gasteiger partial charge is 0.0177 e. The number of hydrogen-bond acceptors (Lipinski definition) is 1. The molecule has 0 spiro atoms. The van der Waals surface area contributed by atoms with Gasteiger partial charge in [0.15, 0.2) is 0 Å². The van der Waals surface area contributed by atoms with Gasteiger partial charge in [0.2, 0.25) is 0 Å². The first-order valence-corrected chi connectivity index (χ1v) is 3.49. The third-order valence-corrected chi connectivity index (χ3v) is 0.830. The lowest BCUT2D eigenvalue weighted by Gasteiger charge is -1.89. The summed E-state index contributed by atoms with van der Waals surface area (Å²) in [4.78, 5) is 0. The quantitative estimate of drug-likeness (QED) is 0.596. The highest BCUT2D eigenvalue weighted by molar-refractivity contribution is 5.21. The summed E-state index contributed by atoms with van der Waals surface area (Å²) in [6, 6.07) is 0. The Labute approximate surface area is 63.9 Å². The van der Waals surface area contributed by atoms with Crippen LogP contribution < -0.4 is 5.73 Å². The first-order valence-electron chi connectivity index (χ1n) is 3.49. The van der Waals surface area contributed by atoms with Crippen LogP contribution in [0.3, 0.4) is 0 Å². The molecule has 0 aromatic carbocycles. The van der Waals surface area contributed by atoms with Gasteiger partial charge in [-0.15, -0.1) is 0 Å². The number of hydrogen-bond donors (Lipinski definition) is 1. The summed E-state index contributed by atoms with van der Waals surface area (Å²) in [6.07, 6.45) is 5.26. The van der Waals surface area contributed by atoms with Gasteiger partial charge in [-0.3, -0.25) is 0 Å². The Kier molecular flexibility index (Phi) is 13.2. The Hall–Kier alpha value is -0.820. The van der Waals surface area contributed by atoms with Crippen molar-refractivity contribution >= 4 is 0 Å². The van der Waals surface area contributed by atoms with Crippen LogP contribution in [0.2, 0.25) is 0 Å². The van der Waals surface area contributed by atoms with Gasteiger partial charge in [0.05, 0.1) is 0 Å². The Bertz CT molecular complexity index is 112. The average molecular weight is 139 g/mol. The summed E-state index contributed by atoms with van der Waals surface area (Å²) in [7, 11) is 0. The molecule has 0 radical (unpaired) electrons. The minimum atomic E-state index is 0.537. The molecule has 2 N–H and O–H groups in total. The summed E-state index contributed by atoms with van der Waals surface area (Å²) in [5, 5.41) is 0. The van der Waals surface area contributed by atoms with Crippen LogP contribution in [0, 0.1) is 0 Å². The van der Waals surface area contributed by atoms with Gasteiger partial charge in [-0.25, -0.2) is 0 Å². The zero-order valence-electron chi connectivity index (χ0n) is 6.93. The van der Waals surface area contributed by atoms with E-state index in [1.165, 1.54) is 0 Å². The van der Waals surface area contributed by atoms with Crippen LogP contribution in [0.1, 0.15) is 13.8 Å². The van der Waals surface area contributed by atoms with Crippen LogP contribution in [0.15, 0.2) is 37.0 Å². The highest BCUT2D eigenvalue weighted by Crippen LogP contribution is 1.90. The minimum absolute atomic E-state index is 0.537. The fourth-order valence-electron chi connectivity index (χ4n) is 0.371. The molecule has 0 aliphatic heterocycles. The molecule has 0 rings (SSSR count). The molecular weight excluding hydrogens is 122 g/mol. The summed E-state index contributed by atoms with van der Waals surface area (Å²) in [6.45, 7) is 11.6. The molecular formula is C9H17N. The fourth-order valence-corrected chi connectivity index (χ4v) is 0.371. The van der Waals surface area contributed by atoms with Crippen molar-refractivity contribution in [3.8, 4) is 0 Å². The van der Waals surface area contributed by atoms with Crippen molar-refractivity contribution in [3.05, 3.63) is 37.0 Å². The lowest BCUT2D eigenvalue weighted by atomic mass is 10.2. The maximum absolute atomic E-state index is 5.28. The topological polar surface area (TPSA) is 26.0 Å². The second-order valence-corrected chi connectivity index (χ2v) is 1.39. The van der Waals surface area contributed by atoms with Gasteiger partial charge < -0.3 is 5.73 Å². The van der Waals surface area contributed by atoms with Crippen molar-refractivity contribution in [3.63, 3.8) is 0 Å². The average Bonchev–Trinajstić information content (AvgIpc) is 2.04. The van der Waals surface area contributed by atoms with Crippen molar-refractivity contribution in [1.82, 2.24) is 0 Å². The van der Waals surface area contributed by atoms with E-state index in [-0.39, 0.29) is 0 Å². The van der Waals surface area contributed by atoms with Crippen molar-refractivity contribution < 1.29 is 0 Å². The fraction of sp³-hybridized carbons (Fsp3) is 0.333. The van der Waals surface area contributed by atoms with Crippen LogP contribution in [-0.2, 0) is 0 Å². The Morgan fingerprint density at radius 3 is 2.00 bits per heavy atom. The largest absolute Gasteiger partial charge is 0.326 e. The van der Waals surface area contributed by atoms with Crippen molar-refractivity contribution in [2.24, 2.45) is 5.73 Å². The van der Waals surface area contributed by atoms with E-state index in [0.29, 0.717) is 6.54 Å². The van der Waals surface area contributed by atoms with Crippen molar-refractivity contribution in [1.29, 1.82) is 0 Å². The molecule has 0 aromatic rings. The van der Waals surface area contributed by atoms with E-state index in [1.807, 2.05) is 19.9 Å². The molecule has 0 amide bonds. The van der Waals surface area contributed by atoms with E-state index >= 15 is 0 Å². The molecule has 0 aliphatic carbocycles. The zero-order valence-corrected chi connectivity index (χ0v) is 6.93. The summed E-state index contributed by atoms with van der Waals surface area (Å²) in [5.41, 5.74) is 6.30. The van der Waals surface area contributed by atoms with Crippen LogP contribution >= 0.6 is 0 Å². The van der Waals surface area contributed by atoms with E-state index in [2.05, 4.69) is 13.2 Å². The maximum Gasteiger partial charge on any atom is 0.0177 e. The maximum atomic E-state index is 5.28.